The molecule has 0 heterocycles. The molecule has 0 aliphatic carbocycles. The van der Waals surface area contributed by atoms with Gasteiger partial charge in [-0.2, -0.15) is 0 Å². The van der Waals surface area contributed by atoms with E-state index >= 15 is 0 Å². The summed E-state index contributed by atoms with van der Waals surface area (Å²) in [5, 5.41) is 15.5. The van der Waals surface area contributed by atoms with Crippen LogP contribution in [0.5, 0.6) is 11.5 Å². The Labute approximate surface area is 119 Å². The molecule has 0 atom stereocenters. The van der Waals surface area contributed by atoms with Gasteiger partial charge in [0.15, 0.2) is 11.5 Å². The molecule has 0 aromatic heterocycles. The number of rotatable bonds is 9. The van der Waals surface area contributed by atoms with E-state index in [2.05, 4.69) is 10.6 Å². The molecule has 1 aromatic rings. The van der Waals surface area contributed by atoms with E-state index in [1.165, 1.54) is 7.11 Å². The zero-order valence-electron chi connectivity index (χ0n) is 11.9. The van der Waals surface area contributed by atoms with Crippen LogP contribution in [0.1, 0.15) is 12.0 Å². The lowest BCUT2D eigenvalue weighted by atomic mass is 10.2. The lowest BCUT2D eigenvalue weighted by Crippen LogP contribution is -2.29. The molecule has 1 rings (SSSR count). The van der Waals surface area contributed by atoms with Crippen molar-refractivity contribution in [1.29, 1.82) is 0 Å². The molecule has 0 bridgehead atoms. The zero-order chi connectivity index (χ0) is 14.8. The number of nitrogens with one attached hydrogen (secondary N) is 2. The second-order valence-corrected chi connectivity index (χ2v) is 4.28. The molecule has 0 fully saturated rings. The summed E-state index contributed by atoms with van der Waals surface area (Å²) in [6.45, 7) is 2.21. The number of methoxy groups -OCH3 is 2. The van der Waals surface area contributed by atoms with Crippen LogP contribution in [-0.4, -0.2) is 44.9 Å². The number of aromatic hydroxyl groups is 1. The molecule has 112 valence electrons. The molecular weight excluding hydrogens is 260 g/mol. The first-order valence-electron chi connectivity index (χ1n) is 6.49. The van der Waals surface area contributed by atoms with Crippen molar-refractivity contribution in [2.24, 2.45) is 0 Å². The van der Waals surface area contributed by atoms with E-state index in [0.717, 1.165) is 5.56 Å². The summed E-state index contributed by atoms with van der Waals surface area (Å²) in [6.07, 6.45) is 0.409. The first-order chi connectivity index (χ1) is 9.67. The summed E-state index contributed by atoms with van der Waals surface area (Å²) in [7, 11) is 3.10. The number of phenolic OH excluding ortho intramolecular Hbond substituents is 1. The highest BCUT2D eigenvalue weighted by Gasteiger charge is 2.03. The minimum absolute atomic E-state index is 0.00729. The fourth-order valence-corrected chi connectivity index (χ4v) is 1.66. The highest BCUT2D eigenvalue weighted by atomic mass is 16.5. The van der Waals surface area contributed by atoms with Crippen molar-refractivity contribution >= 4 is 5.91 Å². The quantitative estimate of drug-likeness (QED) is 0.579. The maximum atomic E-state index is 11.4. The van der Waals surface area contributed by atoms with Crippen molar-refractivity contribution in [3.63, 3.8) is 0 Å². The lowest BCUT2D eigenvalue weighted by Gasteiger charge is -2.08. The average Bonchev–Trinajstić information content (AvgIpc) is 2.44. The smallest absolute Gasteiger partial charge is 0.221 e. The van der Waals surface area contributed by atoms with Gasteiger partial charge >= 0.3 is 0 Å². The molecule has 0 saturated carbocycles. The molecule has 0 saturated heterocycles. The summed E-state index contributed by atoms with van der Waals surface area (Å²) in [6, 6.07) is 5.22. The Hall–Kier alpha value is -1.79. The van der Waals surface area contributed by atoms with E-state index < -0.39 is 0 Å². The Morgan fingerprint density at radius 1 is 1.30 bits per heavy atom. The van der Waals surface area contributed by atoms with Crippen LogP contribution in [0.2, 0.25) is 0 Å². The van der Waals surface area contributed by atoms with E-state index in [0.29, 0.717) is 38.4 Å². The SMILES string of the molecule is COCCNC(=O)CCNCc1ccc(OC)c(O)c1. The standard InChI is InChI=1S/C14H22N2O4/c1-19-8-7-16-14(18)5-6-15-10-11-3-4-13(20-2)12(17)9-11/h3-4,9,15,17H,5-8,10H2,1-2H3,(H,16,18). The van der Waals surface area contributed by atoms with Gasteiger partial charge in [0, 0.05) is 33.2 Å². The van der Waals surface area contributed by atoms with Crippen LogP contribution in [0.15, 0.2) is 18.2 Å². The van der Waals surface area contributed by atoms with Gasteiger partial charge in [0.25, 0.3) is 0 Å². The molecule has 0 spiro atoms. The summed E-state index contributed by atoms with van der Waals surface area (Å²) in [5.74, 6) is 0.558. The van der Waals surface area contributed by atoms with Crippen molar-refractivity contribution in [1.82, 2.24) is 10.6 Å². The third-order valence-corrected chi connectivity index (χ3v) is 2.73. The first kappa shape index (κ1) is 16.3. The van der Waals surface area contributed by atoms with Crippen LogP contribution in [0, 0.1) is 0 Å². The Balaban J connectivity index is 2.21. The topological polar surface area (TPSA) is 79.8 Å². The predicted molar refractivity (Wildman–Crippen MR) is 75.9 cm³/mol. The number of ether oxygens (including phenoxy) is 2. The van der Waals surface area contributed by atoms with E-state index in [9.17, 15) is 9.90 Å². The largest absolute Gasteiger partial charge is 0.504 e. The normalized spacial score (nSPS) is 10.3. The minimum atomic E-state index is -0.00729. The predicted octanol–water partition coefficient (Wildman–Crippen LogP) is 0.643. The van der Waals surface area contributed by atoms with E-state index in [1.54, 1.807) is 19.2 Å². The molecule has 1 aromatic carbocycles. The second kappa shape index (κ2) is 9.17. The Morgan fingerprint density at radius 2 is 2.10 bits per heavy atom. The summed E-state index contributed by atoms with van der Waals surface area (Å²) < 4.78 is 9.81. The number of carbonyl (C=O) groups is 1. The van der Waals surface area contributed by atoms with E-state index in [-0.39, 0.29) is 11.7 Å². The number of carbonyl (C=O) groups excluding carboxylic acids is 1. The number of benzene rings is 1. The van der Waals surface area contributed by atoms with Crippen LogP contribution in [0.4, 0.5) is 0 Å². The van der Waals surface area contributed by atoms with Gasteiger partial charge in [0.05, 0.1) is 13.7 Å². The fourth-order valence-electron chi connectivity index (χ4n) is 1.66. The first-order valence-corrected chi connectivity index (χ1v) is 6.49. The maximum absolute atomic E-state index is 11.4. The van der Waals surface area contributed by atoms with Crippen molar-refractivity contribution in [2.45, 2.75) is 13.0 Å². The lowest BCUT2D eigenvalue weighted by molar-refractivity contribution is -0.121. The molecule has 0 unspecified atom stereocenters. The van der Waals surface area contributed by atoms with Gasteiger partial charge in [-0.25, -0.2) is 0 Å². The third kappa shape index (κ3) is 5.90. The monoisotopic (exact) mass is 282 g/mol. The fraction of sp³-hybridized carbons (Fsp3) is 0.500. The van der Waals surface area contributed by atoms with Gasteiger partial charge in [0.2, 0.25) is 5.91 Å². The van der Waals surface area contributed by atoms with Gasteiger partial charge in [-0.3, -0.25) is 4.79 Å². The van der Waals surface area contributed by atoms with Crippen molar-refractivity contribution < 1.29 is 19.4 Å². The summed E-state index contributed by atoms with van der Waals surface area (Å²) in [4.78, 5) is 11.4. The third-order valence-electron chi connectivity index (χ3n) is 2.73. The molecule has 1 amide bonds. The summed E-state index contributed by atoms with van der Waals surface area (Å²) in [5.41, 5.74) is 0.933. The molecule has 0 aliphatic rings. The number of hydrogen-bond donors (Lipinski definition) is 3. The molecule has 20 heavy (non-hydrogen) atoms. The second-order valence-electron chi connectivity index (χ2n) is 4.28. The number of hydrogen-bond acceptors (Lipinski definition) is 5. The average molecular weight is 282 g/mol. The van der Waals surface area contributed by atoms with Gasteiger partial charge in [0.1, 0.15) is 0 Å². The van der Waals surface area contributed by atoms with E-state index in [1.807, 2.05) is 6.07 Å². The van der Waals surface area contributed by atoms with Crippen LogP contribution in [-0.2, 0) is 16.1 Å². The Kier molecular flexibility index (Phi) is 7.46. The highest BCUT2D eigenvalue weighted by molar-refractivity contribution is 5.76. The van der Waals surface area contributed by atoms with Crippen LogP contribution in [0.3, 0.4) is 0 Å². The Morgan fingerprint density at radius 3 is 2.75 bits per heavy atom. The molecule has 0 radical (unpaired) electrons. The maximum Gasteiger partial charge on any atom is 0.221 e. The molecule has 0 aliphatic heterocycles. The minimum Gasteiger partial charge on any atom is -0.504 e. The number of amides is 1. The molecule has 6 heteroatoms. The van der Waals surface area contributed by atoms with Crippen LogP contribution < -0.4 is 15.4 Å². The van der Waals surface area contributed by atoms with Crippen molar-refractivity contribution in [3.8, 4) is 11.5 Å². The molecular formula is C14H22N2O4. The van der Waals surface area contributed by atoms with Crippen molar-refractivity contribution in [2.75, 3.05) is 33.9 Å². The summed E-state index contributed by atoms with van der Waals surface area (Å²) >= 11 is 0. The zero-order valence-corrected chi connectivity index (χ0v) is 11.9. The molecule has 3 N–H and O–H groups in total. The van der Waals surface area contributed by atoms with Crippen molar-refractivity contribution in [3.05, 3.63) is 23.8 Å². The van der Waals surface area contributed by atoms with Crippen LogP contribution in [0.25, 0.3) is 0 Å². The highest BCUT2D eigenvalue weighted by Crippen LogP contribution is 2.25. The number of phenols is 1. The molecule has 6 nitrogen and oxygen atoms in total. The van der Waals surface area contributed by atoms with Gasteiger partial charge in [-0.05, 0) is 17.7 Å². The Bertz CT molecular complexity index is 424. The van der Waals surface area contributed by atoms with Gasteiger partial charge < -0.3 is 25.2 Å². The van der Waals surface area contributed by atoms with Gasteiger partial charge in [-0.1, -0.05) is 6.07 Å². The van der Waals surface area contributed by atoms with E-state index in [4.69, 9.17) is 9.47 Å². The van der Waals surface area contributed by atoms with Gasteiger partial charge in [-0.15, -0.1) is 0 Å². The van der Waals surface area contributed by atoms with Crippen LogP contribution >= 0.6 is 0 Å².